The van der Waals surface area contributed by atoms with Gasteiger partial charge in [-0.25, -0.2) is 0 Å². The first-order valence-corrected chi connectivity index (χ1v) is 6.53. The molecule has 1 saturated heterocycles. The van der Waals surface area contributed by atoms with Crippen LogP contribution in [0.4, 0.5) is 0 Å². The third-order valence-corrected chi connectivity index (χ3v) is 4.50. The van der Waals surface area contributed by atoms with Crippen molar-refractivity contribution in [2.45, 2.75) is 12.8 Å². The van der Waals surface area contributed by atoms with Gasteiger partial charge in [-0.05, 0) is 12.8 Å². The molecular formula is C9H17N3OS. The molecule has 1 aliphatic carbocycles. The Morgan fingerprint density at radius 3 is 2.43 bits per heavy atom. The van der Waals surface area contributed by atoms with Crippen molar-refractivity contribution in [2.24, 2.45) is 11.1 Å². The van der Waals surface area contributed by atoms with Crippen molar-refractivity contribution in [3.63, 3.8) is 0 Å². The van der Waals surface area contributed by atoms with Gasteiger partial charge in [0, 0.05) is 47.4 Å². The Hall–Kier alpha value is -0.420. The molecule has 0 aromatic heterocycles. The first-order chi connectivity index (χ1) is 6.62. The van der Waals surface area contributed by atoms with E-state index in [-0.39, 0.29) is 5.41 Å². The van der Waals surface area contributed by atoms with E-state index in [1.54, 1.807) is 0 Å². The summed E-state index contributed by atoms with van der Waals surface area (Å²) in [5.41, 5.74) is 5.56. The van der Waals surface area contributed by atoms with Crippen LogP contribution in [0, 0.1) is 10.8 Å². The molecule has 0 unspecified atom stereocenters. The predicted octanol–water partition coefficient (Wildman–Crippen LogP) is -0.233. The second-order valence-corrected chi connectivity index (χ2v) is 6.01. The summed E-state index contributed by atoms with van der Waals surface area (Å²) in [6.07, 6.45) is 2.11. The maximum absolute atomic E-state index is 11.1. The molecule has 1 saturated carbocycles. The van der Waals surface area contributed by atoms with Crippen molar-refractivity contribution in [1.29, 1.82) is 5.41 Å². The van der Waals surface area contributed by atoms with Crippen LogP contribution in [0.1, 0.15) is 12.8 Å². The Labute approximate surface area is 86.8 Å². The quantitative estimate of drug-likeness (QED) is 0.504. The van der Waals surface area contributed by atoms with Gasteiger partial charge in [0.15, 0.2) is 0 Å². The van der Waals surface area contributed by atoms with Gasteiger partial charge in [-0.2, -0.15) is 0 Å². The number of amidine groups is 1. The van der Waals surface area contributed by atoms with Gasteiger partial charge in [0.05, 0.1) is 5.84 Å². The number of nitrogens with two attached hydrogens (primary N) is 1. The molecule has 0 radical (unpaired) electrons. The van der Waals surface area contributed by atoms with E-state index in [1.807, 2.05) is 0 Å². The summed E-state index contributed by atoms with van der Waals surface area (Å²) in [4.78, 5) is 2.30. The molecule has 0 amide bonds. The summed E-state index contributed by atoms with van der Waals surface area (Å²) in [7, 11) is -0.606. The van der Waals surface area contributed by atoms with Crippen LogP contribution in [0.25, 0.3) is 0 Å². The highest BCUT2D eigenvalue weighted by molar-refractivity contribution is 7.85. The summed E-state index contributed by atoms with van der Waals surface area (Å²) in [6.45, 7) is 2.71. The molecule has 3 N–H and O–H groups in total. The molecule has 1 heterocycles. The lowest BCUT2D eigenvalue weighted by Crippen LogP contribution is -2.44. The third kappa shape index (κ3) is 1.98. The molecular weight excluding hydrogens is 198 g/mol. The van der Waals surface area contributed by atoms with Crippen molar-refractivity contribution in [2.75, 3.05) is 31.1 Å². The predicted molar refractivity (Wildman–Crippen MR) is 57.9 cm³/mol. The van der Waals surface area contributed by atoms with E-state index in [0.717, 1.165) is 44.0 Å². The second-order valence-electron chi connectivity index (χ2n) is 4.32. The molecule has 80 valence electrons. The van der Waals surface area contributed by atoms with E-state index in [4.69, 9.17) is 11.1 Å². The molecule has 2 fully saturated rings. The number of nitrogens with zero attached hydrogens (tertiary/aromatic N) is 1. The molecule has 0 atom stereocenters. The van der Waals surface area contributed by atoms with Crippen LogP contribution >= 0.6 is 0 Å². The number of rotatable bonds is 3. The lowest BCUT2D eigenvalue weighted by atomic mass is 10.1. The van der Waals surface area contributed by atoms with Crippen molar-refractivity contribution < 1.29 is 4.21 Å². The van der Waals surface area contributed by atoms with E-state index < -0.39 is 10.8 Å². The van der Waals surface area contributed by atoms with Crippen molar-refractivity contribution in [3.8, 4) is 0 Å². The fourth-order valence-electron chi connectivity index (χ4n) is 1.93. The fraction of sp³-hybridized carbons (Fsp3) is 0.889. The van der Waals surface area contributed by atoms with Crippen LogP contribution in [0.5, 0.6) is 0 Å². The molecule has 1 aliphatic heterocycles. The van der Waals surface area contributed by atoms with Crippen LogP contribution in [-0.2, 0) is 10.8 Å². The van der Waals surface area contributed by atoms with Gasteiger partial charge in [-0.15, -0.1) is 0 Å². The maximum Gasteiger partial charge on any atom is 0.0981 e. The van der Waals surface area contributed by atoms with Crippen molar-refractivity contribution >= 4 is 16.6 Å². The van der Waals surface area contributed by atoms with Crippen LogP contribution in [0.15, 0.2) is 0 Å². The van der Waals surface area contributed by atoms with Crippen LogP contribution in [0.3, 0.4) is 0 Å². The fourth-order valence-corrected chi connectivity index (χ4v) is 3.05. The molecule has 14 heavy (non-hydrogen) atoms. The van der Waals surface area contributed by atoms with Crippen molar-refractivity contribution in [3.05, 3.63) is 0 Å². The Bertz CT molecular complexity index is 265. The second kappa shape index (κ2) is 3.62. The van der Waals surface area contributed by atoms with Crippen LogP contribution < -0.4 is 5.73 Å². The van der Waals surface area contributed by atoms with E-state index >= 15 is 0 Å². The minimum atomic E-state index is -0.606. The third-order valence-electron chi connectivity index (χ3n) is 3.22. The molecule has 0 aromatic carbocycles. The first-order valence-electron chi connectivity index (χ1n) is 5.04. The first kappa shape index (κ1) is 10.1. The lowest BCUT2D eigenvalue weighted by molar-refractivity contribution is 0.268. The van der Waals surface area contributed by atoms with Gasteiger partial charge >= 0.3 is 0 Å². The molecule has 0 spiro atoms. The topological polar surface area (TPSA) is 70.2 Å². The van der Waals surface area contributed by atoms with Gasteiger partial charge < -0.3 is 10.6 Å². The Morgan fingerprint density at radius 1 is 1.43 bits per heavy atom. The number of hydrogen-bond donors (Lipinski definition) is 2. The highest BCUT2D eigenvalue weighted by Crippen LogP contribution is 2.46. The number of nitrogens with one attached hydrogen (secondary N) is 1. The molecule has 2 rings (SSSR count). The summed E-state index contributed by atoms with van der Waals surface area (Å²) in [5.74, 6) is 1.91. The smallest absolute Gasteiger partial charge is 0.0981 e. The van der Waals surface area contributed by atoms with E-state index in [9.17, 15) is 4.21 Å². The highest BCUT2D eigenvalue weighted by Gasteiger charge is 2.47. The largest absolute Gasteiger partial charge is 0.387 e. The van der Waals surface area contributed by atoms with Gasteiger partial charge in [-0.1, -0.05) is 0 Å². The molecule has 5 heteroatoms. The van der Waals surface area contributed by atoms with E-state index in [0.29, 0.717) is 5.84 Å². The summed E-state index contributed by atoms with van der Waals surface area (Å²) in [6, 6.07) is 0. The van der Waals surface area contributed by atoms with Crippen LogP contribution in [0.2, 0.25) is 0 Å². The van der Waals surface area contributed by atoms with E-state index in [2.05, 4.69) is 4.90 Å². The zero-order valence-corrected chi connectivity index (χ0v) is 9.11. The normalized spacial score (nSPS) is 27.4. The highest BCUT2D eigenvalue weighted by atomic mass is 32.2. The van der Waals surface area contributed by atoms with Crippen LogP contribution in [-0.4, -0.2) is 46.1 Å². The van der Waals surface area contributed by atoms with Gasteiger partial charge in [0.2, 0.25) is 0 Å². The Morgan fingerprint density at radius 2 is 2.00 bits per heavy atom. The Kier molecular flexibility index (Phi) is 2.62. The molecule has 4 nitrogen and oxygen atoms in total. The number of hydrogen-bond acceptors (Lipinski definition) is 3. The monoisotopic (exact) mass is 215 g/mol. The minimum absolute atomic E-state index is 0.0150. The van der Waals surface area contributed by atoms with Gasteiger partial charge in [0.25, 0.3) is 0 Å². The Balaban J connectivity index is 1.86. The standard InChI is InChI=1S/C9H17N3OS/c10-8(11)9(1-2-9)7-12-3-5-14(13)6-4-12/h1-7H2,(H3,10,11). The van der Waals surface area contributed by atoms with E-state index in [1.165, 1.54) is 0 Å². The van der Waals surface area contributed by atoms with Gasteiger partial charge in [-0.3, -0.25) is 9.62 Å². The average Bonchev–Trinajstić information content (AvgIpc) is 2.90. The van der Waals surface area contributed by atoms with Gasteiger partial charge in [0.1, 0.15) is 0 Å². The zero-order chi connectivity index (χ0) is 10.2. The molecule has 0 aromatic rings. The average molecular weight is 215 g/mol. The zero-order valence-electron chi connectivity index (χ0n) is 8.29. The van der Waals surface area contributed by atoms with Crippen molar-refractivity contribution in [1.82, 2.24) is 4.90 Å². The maximum atomic E-state index is 11.1. The lowest BCUT2D eigenvalue weighted by Gasteiger charge is -2.29. The molecule has 2 aliphatic rings. The summed E-state index contributed by atoms with van der Waals surface area (Å²) < 4.78 is 11.1. The summed E-state index contributed by atoms with van der Waals surface area (Å²) in [5, 5.41) is 7.51. The molecule has 0 bridgehead atoms. The minimum Gasteiger partial charge on any atom is -0.387 e. The SMILES string of the molecule is N=C(N)C1(CN2CCS(=O)CC2)CC1. The summed E-state index contributed by atoms with van der Waals surface area (Å²) >= 11 is 0.